The Morgan fingerprint density at radius 3 is 1.12 bits per heavy atom. The predicted molar refractivity (Wildman–Crippen MR) is 177 cm³/mol. The van der Waals surface area contributed by atoms with Gasteiger partial charge in [-0.3, -0.25) is 0 Å². The van der Waals surface area contributed by atoms with Gasteiger partial charge in [-0.15, -0.1) is 0 Å². The first-order chi connectivity index (χ1) is 21.3. The molecule has 2 aliphatic rings. The summed E-state index contributed by atoms with van der Waals surface area (Å²) < 4.78 is 13.4. The van der Waals surface area contributed by atoms with E-state index in [2.05, 4.69) is 127 Å². The molecule has 2 aliphatic heterocycles. The van der Waals surface area contributed by atoms with Crippen LogP contribution in [0.2, 0.25) is 0 Å². The molecule has 5 aromatic carbocycles. The minimum absolute atomic E-state index is 0.0868. The molecule has 7 rings (SSSR count). The Morgan fingerprint density at radius 2 is 0.744 bits per heavy atom. The van der Waals surface area contributed by atoms with Crippen LogP contribution in [-0.4, -0.2) is 24.1 Å². The molecular weight excluding hydrogens is 547 g/mol. The Kier molecular flexibility index (Phi) is 8.11. The van der Waals surface area contributed by atoms with Crippen molar-refractivity contribution in [2.75, 3.05) is 12.3 Å². The van der Waals surface area contributed by atoms with E-state index in [0.29, 0.717) is 0 Å². The third-order valence-electron chi connectivity index (χ3n) is 7.98. The Morgan fingerprint density at radius 1 is 0.419 bits per heavy atom. The fraction of sp³-hybridized carbons (Fsp3) is 0.158. The van der Waals surface area contributed by atoms with Crippen LogP contribution in [0.5, 0.6) is 0 Å². The zero-order valence-corrected chi connectivity index (χ0v) is 24.7. The van der Waals surface area contributed by atoms with Gasteiger partial charge in [0.2, 0.25) is 0 Å². The molecule has 5 heteroatoms. The highest BCUT2D eigenvalue weighted by Crippen LogP contribution is 2.46. The van der Waals surface area contributed by atoms with E-state index >= 15 is 0 Å². The average molecular weight is 581 g/mol. The van der Waals surface area contributed by atoms with Crippen LogP contribution < -0.4 is 5.30 Å². The van der Waals surface area contributed by atoms with E-state index in [1.807, 2.05) is 24.3 Å². The van der Waals surface area contributed by atoms with Gasteiger partial charge in [-0.25, -0.2) is 9.98 Å². The van der Waals surface area contributed by atoms with Crippen LogP contribution in [0.4, 0.5) is 0 Å². The summed E-state index contributed by atoms with van der Waals surface area (Å²) in [5.74, 6) is 1.60. The molecular formula is C38H33N2O2P. The van der Waals surface area contributed by atoms with Gasteiger partial charge < -0.3 is 9.47 Å². The maximum absolute atomic E-state index is 6.70. The van der Waals surface area contributed by atoms with E-state index < -0.39 is 7.92 Å². The zero-order chi connectivity index (χ0) is 28.8. The SMILES string of the molecule is c1ccc(C2N=C(CP(CC3=NC(c4ccccc4)C(c4ccccc4)O3)c3ccccc3)OC2c2ccccc2)cc1. The second-order valence-electron chi connectivity index (χ2n) is 10.8. The molecule has 0 fully saturated rings. The molecule has 0 saturated carbocycles. The van der Waals surface area contributed by atoms with Gasteiger partial charge in [0.05, 0.1) is 0 Å². The van der Waals surface area contributed by atoms with Crippen LogP contribution in [0.25, 0.3) is 0 Å². The van der Waals surface area contributed by atoms with Crippen molar-refractivity contribution in [3.05, 3.63) is 174 Å². The standard InChI is InChI=1S/C38H33N2O2P/c1-6-16-28(17-7-1)35-37(30-20-10-3-11-21-30)41-33(39-35)26-43(32-24-14-5-15-25-32)27-34-40-36(29-18-8-2-9-19-29)38(42-34)31-22-12-4-13-23-31/h1-25,35-38H,26-27H2. The smallest absolute Gasteiger partial charge is 0.189 e. The fourth-order valence-electron chi connectivity index (χ4n) is 5.87. The first-order valence-electron chi connectivity index (χ1n) is 14.8. The molecule has 4 nitrogen and oxygen atoms in total. The Hall–Kier alpha value is -4.53. The maximum Gasteiger partial charge on any atom is 0.189 e. The topological polar surface area (TPSA) is 43.2 Å². The molecule has 0 aliphatic carbocycles. The van der Waals surface area contributed by atoms with Crippen LogP contribution in [0.15, 0.2) is 162 Å². The van der Waals surface area contributed by atoms with E-state index in [0.717, 1.165) is 46.4 Å². The minimum atomic E-state index is -0.741. The minimum Gasteiger partial charge on any atom is -0.470 e. The largest absolute Gasteiger partial charge is 0.470 e. The Bertz CT molecular complexity index is 1570. The van der Waals surface area contributed by atoms with Gasteiger partial charge >= 0.3 is 0 Å². The van der Waals surface area contributed by atoms with Gasteiger partial charge in [0.1, 0.15) is 12.1 Å². The summed E-state index contributed by atoms with van der Waals surface area (Å²) in [7, 11) is -0.741. The van der Waals surface area contributed by atoms with Crippen LogP contribution in [0, 0.1) is 0 Å². The molecule has 4 atom stereocenters. The molecule has 0 saturated heterocycles. The number of hydrogen-bond donors (Lipinski definition) is 0. The molecule has 0 N–H and O–H groups in total. The number of nitrogens with zero attached hydrogens (tertiary/aromatic N) is 2. The molecule has 43 heavy (non-hydrogen) atoms. The van der Waals surface area contributed by atoms with Crippen molar-refractivity contribution in [1.82, 2.24) is 0 Å². The van der Waals surface area contributed by atoms with Gasteiger partial charge in [0.15, 0.2) is 24.0 Å². The van der Waals surface area contributed by atoms with Gasteiger partial charge in [0.25, 0.3) is 0 Å². The predicted octanol–water partition coefficient (Wildman–Crippen LogP) is 8.62. The second kappa shape index (κ2) is 12.8. The van der Waals surface area contributed by atoms with E-state index in [-0.39, 0.29) is 24.3 Å². The van der Waals surface area contributed by atoms with Gasteiger partial charge in [0, 0.05) is 12.3 Å². The summed E-state index contributed by atoms with van der Waals surface area (Å²) in [4.78, 5) is 10.4. The number of benzene rings is 5. The van der Waals surface area contributed by atoms with Crippen LogP contribution in [-0.2, 0) is 9.47 Å². The number of ether oxygens (including phenoxy) is 2. The number of aliphatic imine (C=N–C) groups is 2. The van der Waals surface area contributed by atoms with Crippen LogP contribution >= 0.6 is 7.92 Å². The van der Waals surface area contributed by atoms with E-state index in [1.54, 1.807) is 0 Å². The van der Waals surface area contributed by atoms with Crippen molar-refractivity contribution in [1.29, 1.82) is 0 Å². The summed E-state index contributed by atoms with van der Waals surface area (Å²) in [6.45, 7) is 0. The third kappa shape index (κ3) is 6.16. The maximum atomic E-state index is 6.70. The van der Waals surface area contributed by atoms with Crippen molar-refractivity contribution >= 4 is 25.0 Å². The summed E-state index contributed by atoms with van der Waals surface area (Å²) in [6.07, 6.45) is 1.13. The summed E-state index contributed by atoms with van der Waals surface area (Å²) in [5, 5.41) is 1.29. The van der Waals surface area contributed by atoms with Crippen LogP contribution in [0.3, 0.4) is 0 Å². The Labute approximate surface area is 254 Å². The quantitative estimate of drug-likeness (QED) is 0.164. The third-order valence-corrected chi connectivity index (χ3v) is 10.3. The first kappa shape index (κ1) is 27.3. The highest BCUT2D eigenvalue weighted by molar-refractivity contribution is 7.67. The molecule has 212 valence electrons. The van der Waals surface area contributed by atoms with Crippen molar-refractivity contribution in [3.63, 3.8) is 0 Å². The first-order valence-corrected chi connectivity index (χ1v) is 16.5. The monoisotopic (exact) mass is 580 g/mol. The summed E-state index contributed by atoms with van der Waals surface area (Å²) in [5.41, 5.74) is 4.60. The molecule has 2 heterocycles. The van der Waals surface area contributed by atoms with Gasteiger partial charge in [-0.05, 0) is 27.6 Å². The molecule has 0 bridgehead atoms. The van der Waals surface area contributed by atoms with Gasteiger partial charge in [-0.1, -0.05) is 160 Å². The number of hydrogen-bond acceptors (Lipinski definition) is 4. The lowest BCUT2D eigenvalue weighted by molar-refractivity contribution is 0.195. The number of rotatable bonds is 9. The molecule has 0 aromatic heterocycles. The summed E-state index contributed by atoms with van der Waals surface area (Å²) >= 11 is 0. The fourth-order valence-corrected chi connectivity index (χ4v) is 7.91. The molecule has 0 spiro atoms. The highest BCUT2D eigenvalue weighted by Gasteiger charge is 2.37. The normalized spacial score (nSPS) is 21.8. The molecule has 4 unspecified atom stereocenters. The lowest BCUT2D eigenvalue weighted by atomic mass is 9.97. The molecule has 0 radical (unpaired) electrons. The van der Waals surface area contributed by atoms with E-state index in [1.165, 1.54) is 5.30 Å². The van der Waals surface area contributed by atoms with Gasteiger partial charge in [-0.2, -0.15) is 0 Å². The Balaban J connectivity index is 1.19. The van der Waals surface area contributed by atoms with E-state index in [4.69, 9.17) is 19.5 Å². The zero-order valence-electron chi connectivity index (χ0n) is 23.8. The van der Waals surface area contributed by atoms with Crippen molar-refractivity contribution < 1.29 is 9.47 Å². The summed E-state index contributed by atoms with van der Waals surface area (Å²) in [6, 6.07) is 52.4. The van der Waals surface area contributed by atoms with Crippen LogP contribution in [0.1, 0.15) is 46.5 Å². The van der Waals surface area contributed by atoms with Crippen molar-refractivity contribution in [3.8, 4) is 0 Å². The lowest BCUT2D eigenvalue weighted by Crippen LogP contribution is -2.18. The highest BCUT2D eigenvalue weighted by atomic mass is 31.1. The second-order valence-corrected chi connectivity index (χ2v) is 13.1. The molecule has 5 aromatic rings. The molecule has 0 amide bonds. The van der Waals surface area contributed by atoms with Crippen molar-refractivity contribution in [2.45, 2.75) is 24.3 Å². The van der Waals surface area contributed by atoms with E-state index in [9.17, 15) is 0 Å². The average Bonchev–Trinajstić information content (AvgIpc) is 3.71. The van der Waals surface area contributed by atoms with Crippen molar-refractivity contribution in [2.24, 2.45) is 9.98 Å². The lowest BCUT2D eigenvalue weighted by Gasteiger charge is -2.21.